The van der Waals surface area contributed by atoms with Gasteiger partial charge in [-0.1, -0.05) is 0 Å². The van der Waals surface area contributed by atoms with Crippen molar-refractivity contribution in [2.45, 2.75) is 38.8 Å². The monoisotopic (exact) mass is 214 g/mol. The highest BCUT2D eigenvalue weighted by Gasteiger charge is 2.31. The molecule has 1 amide bonds. The smallest absolute Gasteiger partial charge is 0.240 e. The lowest BCUT2D eigenvalue weighted by molar-refractivity contribution is -0.137. The van der Waals surface area contributed by atoms with Gasteiger partial charge in [0, 0.05) is 25.7 Å². The predicted molar refractivity (Wildman–Crippen MR) is 59.6 cm³/mol. The first kappa shape index (κ1) is 12.5. The second-order valence-electron chi connectivity index (χ2n) is 4.49. The number of nitrogens with zero attached hydrogens (tertiary/aromatic N) is 2. The van der Waals surface area contributed by atoms with Crippen molar-refractivity contribution in [1.29, 1.82) is 0 Å². The van der Waals surface area contributed by atoms with E-state index in [0.717, 1.165) is 19.5 Å². The van der Waals surface area contributed by atoms with Crippen molar-refractivity contribution < 1.29 is 9.90 Å². The van der Waals surface area contributed by atoms with E-state index >= 15 is 0 Å². The van der Waals surface area contributed by atoms with E-state index in [1.54, 1.807) is 0 Å². The van der Waals surface area contributed by atoms with E-state index in [1.807, 2.05) is 25.8 Å². The number of aliphatic hydroxyl groups excluding tert-OH is 1. The van der Waals surface area contributed by atoms with Gasteiger partial charge in [0.05, 0.1) is 6.04 Å². The lowest BCUT2D eigenvalue weighted by atomic mass is 10.1. The Morgan fingerprint density at radius 2 is 2.13 bits per heavy atom. The Balaban J connectivity index is 2.76. The van der Waals surface area contributed by atoms with Gasteiger partial charge in [0.25, 0.3) is 0 Å². The summed E-state index contributed by atoms with van der Waals surface area (Å²) in [6.07, 6.45) is 1.56. The third kappa shape index (κ3) is 2.92. The van der Waals surface area contributed by atoms with Crippen molar-refractivity contribution in [1.82, 2.24) is 9.80 Å². The van der Waals surface area contributed by atoms with Gasteiger partial charge in [-0.25, -0.2) is 0 Å². The number of aliphatic hydroxyl groups is 1. The lowest BCUT2D eigenvalue weighted by Crippen LogP contribution is -2.47. The first-order valence-electron chi connectivity index (χ1n) is 5.69. The number of rotatable bonds is 3. The molecule has 0 aromatic heterocycles. The highest BCUT2D eigenvalue weighted by atomic mass is 16.3. The van der Waals surface area contributed by atoms with E-state index in [9.17, 15) is 4.79 Å². The molecule has 1 aliphatic heterocycles. The summed E-state index contributed by atoms with van der Waals surface area (Å²) in [6.45, 7) is 5.92. The summed E-state index contributed by atoms with van der Waals surface area (Å²) in [7, 11) is 1.96. The summed E-state index contributed by atoms with van der Waals surface area (Å²) in [4.78, 5) is 16.1. The van der Waals surface area contributed by atoms with E-state index in [1.165, 1.54) is 0 Å². The van der Waals surface area contributed by atoms with Crippen LogP contribution in [0.25, 0.3) is 0 Å². The Bertz CT molecular complexity index is 219. The molecular weight excluding hydrogens is 192 g/mol. The molecule has 0 bridgehead atoms. The van der Waals surface area contributed by atoms with Crippen molar-refractivity contribution in [2.75, 3.05) is 26.7 Å². The number of carbonyl (C=O) groups is 1. The second-order valence-corrected chi connectivity index (χ2v) is 4.49. The summed E-state index contributed by atoms with van der Waals surface area (Å²) in [5, 5.41) is 8.97. The lowest BCUT2D eigenvalue weighted by Gasteiger charge is -2.30. The number of hydrogen-bond acceptors (Lipinski definition) is 3. The van der Waals surface area contributed by atoms with E-state index in [4.69, 9.17) is 5.11 Å². The Morgan fingerprint density at radius 1 is 1.47 bits per heavy atom. The van der Waals surface area contributed by atoms with Gasteiger partial charge in [0.15, 0.2) is 0 Å². The molecule has 1 fully saturated rings. The molecule has 1 unspecified atom stereocenters. The van der Waals surface area contributed by atoms with E-state index in [-0.39, 0.29) is 24.6 Å². The topological polar surface area (TPSA) is 43.8 Å². The fraction of sp³-hybridized carbons (Fsp3) is 0.909. The van der Waals surface area contributed by atoms with Crippen LogP contribution in [0.2, 0.25) is 0 Å². The number of likely N-dealkylation sites (N-methyl/N-ethyl adjacent to an activating group) is 1. The van der Waals surface area contributed by atoms with Crippen molar-refractivity contribution in [3.05, 3.63) is 0 Å². The molecule has 1 aliphatic rings. The molecule has 0 aliphatic carbocycles. The zero-order valence-electron chi connectivity index (χ0n) is 9.94. The van der Waals surface area contributed by atoms with Gasteiger partial charge in [-0.15, -0.1) is 0 Å². The minimum atomic E-state index is -0.139. The highest BCUT2D eigenvalue weighted by molar-refractivity contribution is 5.82. The molecule has 1 heterocycles. The Labute approximate surface area is 91.9 Å². The molecule has 1 rings (SSSR count). The van der Waals surface area contributed by atoms with Crippen molar-refractivity contribution in [3.63, 3.8) is 0 Å². The maximum absolute atomic E-state index is 12.2. The molecule has 0 spiro atoms. The van der Waals surface area contributed by atoms with Crippen LogP contribution in [0.5, 0.6) is 0 Å². The largest absolute Gasteiger partial charge is 0.396 e. The van der Waals surface area contributed by atoms with E-state index in [2.05, 4.69) is 4.90 Å². The molecule has 88 valence electrons. The minimum Gasteiger partial charge on any atom is -0.396 e. The van der Waals surface area contributed by atoms with Crippen LogP contribution in [0.15, 0.2) is 0 Å². The van der Waals surface area contributed by atoms with Crippen LogP contribution in [-0.4, -0.2) is 59.6 Å². The average molecular weight is 214 g/mol. The van der Waals surface area contributed by atoms with Crippen LogP contribution in [0, 0.1) is 0 Å². The first-order chi connectivity index (χ1) is 7.07. The molecule has 4 heteroatoms. The quantitative estimate of drug-likeness (QED) is 0.735. The summed E-state index contributed by atoms with van der Waals surface area (Å²) >= 11 is 0. The fourth-order valence-corrected chi connectivity index (χ4v) is 2.12. The maximum Gasteiger partial charge on any atom is 0.240 e. The first-order valence-corrected chi connectivity index (χ1v) is 5.69. The van der Waals surface area contributed by atoms with Gasteiger partial charge in [0.1, 0.15) is 0 Å². The van der Waals surface area contributed by atoms with Gasteiger partial charge in [-0.05, 0) is 33.7 Å². The van der Waals surface area contributed by atoms with Gasteiger partial charge in [0.2, 0.25) is 5.91 Å². The second kappa shape index (κ2) is 5.47. The molecule has 0 saturated carbocycles. The zero-order valence-corrected chi connectivity index (χ0v) is 9.94. The van der Waals surface area contributed by atoms with Crippen LogP contribution in [-0.2, 0) is 4.79 Å². The maximum atomic E-state index is 12.2. The molecule has 4 nitrogen and oxygen atoms in total. The van der Waals surface area contributed by atoms with Gasteiger partial charge in [-0.2, -0.15) is 0 Å². The van der Waals surface area contributed by atoms with Crippen LogP contribution >= 0.6 is 0 Å². The standard InChI is InChI=1S/C11H22N2O2/c1-9(2)13-7-4-6-12(3)10(5-8-14)11(13)15/h9-10,14H,4-8H2,1-3H3. The summed E-state index contributed by atoms with van der Waals surface area (Å²) < 4.78 is 0. The molecule has 1 N–H and O–H groups in total. The molecule has 0 aromatic carbocycles. The molecule has 1 saturated heterocycles. The number of hydrogen-bond donors (Lipinski definition) is 1. The normalized spacial score (nSPS) is 24.7. The van der Waals surface area contributed by atoms with E-state index < -0.39 is 0 Å². The third-order valence-corrected chi connectivity index (χ3v) is 3.04. The number of carbonyl (C=O) groups excluding carboxylic acids is 1. The molecule has 1 atom stereocenters. The van der Waals surface area contributed by atoms with Gasteiger partial charge >= 0.3 is 0 Å². The van der Waals surface area contributed by atoms with Crippen LogP contribution in [0.3, 0.4) is 0 Å². The molecule has 0 radical (unpaired) electrons. The van der Waals surface area contributed by atoms with Crippen molar-refractivity contribution in [2.24, 2.45) is 0 Å². The van der Waals surface area contributed by atoms with Crippen LogP contribution < -0.4 is 0 Å². The Kier molecular flexibility index (Phi) is 4.54. The number of amides is 1. The van der Waals surface area contributed by atoms with Crippen molar-refractivity contribution >= 4 is 5.91 Å². The molecule has 15 heavy (non-hydrogen) atoms. The summed E-state index contributed by atoms with van der Waals surface area (Å²) in [5.41, 5.74) is 0. The minimum absolute atomic E-state index is 0.0761. The van der Waals surface area contributed by atoms with E-state index in [0.29, 0.717) is 6.42 Å². The third-order valence-electron chi connectivity index (χ3n) is 3.04. The van der Waals surface area contributed by atoms with Crippen molar-refractivity contribution in [3.8, 4) is 0 Å². The summed E-state index contributed by atoms with van der Waals surface area (Å²) in [5.74, 6) is 0.166. The molecular formula is C11H22N2O2. The van der Waals surface area contributed by atoms with Crippen LogP contribution in [0.1, 0.15) is 26.7 Å². The predicted octanol–water partition coefficient (Wildman–Crippen LogP) is 0.310. The highest BCUT2D eigenvalue weighted by Crippen LogP contribution is 2.14. The Hall–Kier alpha value is -0.610. The van der Waals surface area contributed by atoms with Gasteiger partial charge < -0.3 is 10.0 Å². The SMILES string of the molecule is CC(C)N1CCCN(C)C(CCO)C1=O. The van der Waals surface area contributed by atoms with Gasteiger partial charge in [-0.3, -0.25) is 9.69 Å². The fourth-order valence-electron chi connectivity index (χ4n) is 2.12. The van der Waals surface area contributed by atoms with Crippen LogP contribution in [0.4, 0.5) is 0 Å². The summed E-state index contributed by atoms with van der Waals surface area (Å²) in [6, 6.07) is 0.116. The molecule has 0 aromatic rings. The average Bonchev–Trinajstić information content (AvgIpc) is 2.30. The zero-order chi connectivity index (χ0) is 11.4. The Morgan fingerprint density at radius 3 is 2.67 bits per heavy atom.